The van der Waals surface area contributed by atoms with Gasteiger partial charge in [-0.2, -0.15) is 0 Å². The van der Waals surface area contributed by atoms with Gasteiger partial charge in [0.1, 0.15) is 0 Å². The summed E-state index contributed by atoms with van der Waals surface area (Å²) in [7, 11) is 0. The Labute approximate surface area is 133 Å². The van der Waals surface area contributed by atoms with Gasteiger partial charge in [-0.3, -0.25) is 9.59 Å². The third kappa shape index (κ3) is 5.27. The predicted molar refractivity (Wildman–Crippen MR) is 85.3 cm³/mol. The number of nitrogens with one attached hydrogen (secondary N) is 2. The summed E-state index contributed by atoms with van der Waals surface area (Å²) in [5, 5.41) is 6.00. The van der Waals surface area contributed by atoms with Crippen LogP contribution in [0.25, 0.3) is 0 Å². The van der Waals surface area contributed by atoms with Crippen LogP contribution in [0.4, 0.5) is 0 Å². The SMILES string of the molecule is C[C@@H](CC(=O)NCC1(C)CCOCC1)NC(=O)C1CCCC1. The van der Waals surface area contributed by atoms with E-state index in [9.17, 15) is 9.59 Å². The number of carbonyl (C=O) groups excluding carboxylic acids is 2. The molecule has 1 heterocycles. The molecular formula is C17H30N2O3. The first-order chi connectivity index (χ1) is 10.5. The minimum Gasteiger partial charge on any atom is -0.381 e. The lowest BCUT2D eigenvalue weighted by molar-refractivity contribution is -0.126. The molecule has 1 saturated heterocycles. The van der Waals surface area contributed by atoms with Gasteiger partial charge in [0, 0.05) is 38.1 Å². The molecule has 0 spiro atoms. The Kier molecular flexibility index (Phi) is 6.24. The lowest BCUT2D eigenvalue weighted by Crippen LogP contribution is -2.43. The molecule has 1 saturated carbocycles. The van der Waals surface area contributed by atoms with Crippen molar-refractivity contribution in [3.8, 4) is 0 Å². The van der Waals surface area contributed by atoms with Gasteiger partial charge in [-0.1, -0.05) is 19.8 Å². The van der Waals surface area contributed by atoms with Crippen molar-refractivity contribution < 1.29 is 14.3 Å². The molecular weight excluding hydrogens is 280 g/mol. The summed E-state index contributed by atoms with van der Waals surface area (Å²) in [6.07, 6.45) is 6.61. The zero-order valence-electron chi connectivity index (χ0n) is 14.0. The monoisotopic (exact) mass is 310 g/mol. The van der Waals surface area contributed by atoms with E-state index >= 15 is 0 Å². The van der Waals surface area contributed by atoms with Crippen LogP contribution in [0.2, 0.25) is 0 Å². The highest BCUT2D eigenvalue weighted by Crippen LogP contribution is 2.28. The molecule has 0 aromatic heterocycles. The average Bonchev–Trinajstić information content (AvgIpc) is 3.00. The molecule has 1 atom stereocenters. The van der Waals surface area contributed by atoms with Crippen molar-refractivity contribution in [2.24, 2.45) is 11.3 Å². The zero-order valence-corrected chi connectivity index (χ0v) is 14.0. The molecule has 2 N–H and O–H groups in total. The maximum Gasteiger partial charge on any atom is 0.223 e. The Hall–Kier alpha value is -1.10. The van der Waals surface area contributed by atoms with Crippen molar-refractivity contribution in [1.29, 1.82) is 0 Å². The second-order valence-corrected chi connectivity index (χ2v) is 7.29. The Morgan fingerprint density at radius 3 is 2.50 bits per heavy atom. The van der Waals surface area contributed by atoms with E-state index in [0.717, 1.165) is 51.7 Å². The van der Waals surface area contributed by atoms with E-state index in [4.69, 9.17) is 4.74 Å². The molecule has 1 aliphatic heterocycles. The largest absolute Gasteiger partial charge is 0.381 e. The number of hydrogen-bond donors (Lipinski definition) is 2. The predicted octanol–water partition coefficient (Wildman–Crippen LogP) is 2.00. The molecule has 2 fully saturated rings. The van der Waals surface area contributed by atoms with Crippen LogP contribution in [-0.4, -0.2) is 37.6 Å². The molecule has 22 heavy (non-hydrogen) atoms. The van der Waals surface area contributed by atoms with Gasteiger partial charge in [-0.25, -0.2) is 0 Å². The van der Waals surface area contributed by atoms with Gasteiger partial charge in [0.15, 0.2) is 0 Å². The summed E-state index contributed by atoms with van der Waals surface area (Å²) in [5.74, 6) is 0.299. The third-order valence-electron chi connectivity index (χ3n) is 5.02. The van der Waals surface area contributed by atoms with E-state index in [2.05, 4.69) is 17.6 Å². The minimum atomic E-state index is -0.101. The fourth-order valence-corrected chi connectivity index (χ4v) is 3.30. The third-order valence-corrected chi connectivity index (χ3v) is 5.02. The first-order valence-corrected chi connectivity index (χ1v) is 8.63. The van der Waals surface area contributed by atoms with E-state index in [-0.39, 0.29) is 29.2 Å². The van der Waals surface area contributed by atoms with E-state index in [0.29, 0.717) is 13.0 Å². The fourth-order valence-electron chi connectivity index (χ4n) is 3.30. The minimum absolute atomic E-state index is 0.0203. The van der Waals surface area contributed by atoms with Crippen molar-refractivity contribution in [2.75, 3.05) is 19.8 Å². The molecule has 2 amide bonds. The number of hydrogen-bond acceptors (Lipinski definition) is 3. The molecule has 0 bridgehead atoms. The molecule has 1 aliphatic carbocycles. The van der Waals surface area contributed by atoms with E-state index in [1.54, 1.807) is 0 Å². The van der Waals surface area contributed by atoms with Gasteiger partial charge in [0.2, 0.25) is 11.8 Å². The first-order valence-electron chi connectivity index (χ1n) is 8.63. The van der Waals surface area contributed by atoms with Crippen LogP contribution in [0.5, 0.6) is 0 Å². The number of ether oxygens (including phenoxy) is 1. The van der Waals surface area contributed by atoms with Gasteiger partial charge >= 0.3 is 0 Å². The van der Waals surface area contributed by atoms with Gasteiger partial charge < -0.3 is 15.4 Å². The highest BCUT2D eigenvalue weighted by Gasteiger charge is 2.28. The first kappa shape index (κ1) is 17.3. The van der Waals surface area contributed by atoms with Crippen molar-refractivity contribution in [2.45, 2.75) is 64.8 Å². The summed E-state index contributed by atoms with van der Waals surface area (Å²) in [5.41, 5.74) is 0.143. The number of carbonyl (C=O) groups is 2. The van der Waals surface area contributed by atoms with Crippen molar-refractivity contribution in [3.63, 3.8) is 0 Å². The van der Waals surface area contributed by atoms with Crippen molar-refractivity contribution >= 4 is 11.8 Å². The van der Waals surface area contributed by atoms with E-state index in [1.807, 2.05) is 6.92 Å². The molecule has 0 aromatic rings. The number of amides is 2. The maximum absolute atomic E-state index is 12.0. The van der Waals surface area contributed by atoms with Gasteiger partial charge in [-0.05, 0) is 38.0 Å². The summed E-state index contributed by atoms with van der Waals surface area (Å²) < 4.78 is 5.37. The fraction of sp³-hybridized carbons (Fsp3) is 0.882. The Morgan fingerprint density at radius 1 is 1.23 bits per heavy atom. The second kappa shape index (κ2) is 7.95. The van der Waals surface area contributed by atoms with Crippen LogP contribution in [0.15, 0.2) is 0 Å². The standard InChI is InChI=1S/C17H30N2O3/c1-13(19-16(21)14-5-3-4-6-14)11-15(20)18-12-17(2)7-9-22-10-8-17/h13-14H,3-12H2,1-2H3,(H,18,20)(H,19,21)/t13-/m0/s1. The summed E-state index contributed by atoms with van der Waals surface area (Å²) in [6, 6.07) is -0.101. The lowest BCUT2D eigenvalue weighted by Gasteiger charge is -2.33. The second-order valence-electron chi connectivity index (χ2n) is 7.29. The Bertz CT molecular complexity index is 385. The molecule has 2 rings (SSSR count). The molecule has 2 aliphatic rings. The number of rotatable bonds is 6. The molecule has 5 nitrogen and oxygen atoms in total. The van der Waals surface area contributed by atoms with Crippen LogP contribution < -0.4 is 10.6 Å². The maximum atomic E-state index is 12.0. The topological polar surface area (TPSA) is 67.4 Å². The Morgan fingerprint density at radius 2 is 1.86 bits per heavy atom. The van der Waals surface area contributed by atoms with Crippen LogP contribution in [0.1, 0.15) is 58.8 Å². The van der Waals surface area contributed by atoms with Gasteiger partial charge in [-0.15, -0.1) is 0 Å². The molecule has 5 heteroatoms. The highest BCUT2D eigenvalue weighted by molar-refractivity contribution is 5.81. The quantitative estimate of drug-likeness (QED) is 0.788. The summed E-state index contributed by atoms with van der Waals surface area (Å²) in [4.78, 5) is 24.1. The normalized spacial score (nSPS) is 23.0. The lowest BCUT2D eigenvalue weighted by atomic mass is 9.82. The molecule has 0 aromatic carbocycles. The van der Waals surface area contributed by atoms with Crippen LogP contribution in [0.3, 0.4) is 0 Å². The van der Waals surface area contributed by atoms with Crippen LogP contribution in [-0.2, 0) is 14.3 Å². The molecule has 0 radical (unpaired) electrons. The van der Waals surface area contributed by atoms with E-state index in [1.165, 1.54) is 0 Å². The summed E-state index contributed by atoms with van der Waals surface area (Å²) in [6.45, 7) is 6.35. The van der Waals surface area contributed by atoms with Crippen molar-refractivity contribution in [1.82, 2.24) is 10.6 Å². The van der Waals surface area contributed by atoms with Crippen LogP contribution in [0, 0.1) is 11.3 Å². The Balaban J connectivity index is 1.66. The highest BCUT2D eigenvalue weighted by atomic mass is 16.5. The average molecular weight is 310 g/mol. The molecule has 0 unspecified atom stereocenters. The van der Waals surface area contributed by atoms with Crippen LogP contribution >= 0.6 is 0 Å². The van der Waals surface area contributed by atoms with Crippen molar-refractivity contribution in [3.05, 3.63) is 0 Å². The van der Waals surface area contributed by atoms with Gasteiger partial charge in [0.25, 0.3) is 0 Å². The van der Waals surface area contributed by atoms with Gasteiger partial charge in [0.05, 0.1) is 0 Å². The van der Waals surface area contributed by atoms with E-state index < -0.39 is 0 Å². The molecule has 126 valence electrons. The summed E-state index contributed by atoms with van der Waals surface area (Å²) >= 11 is 0. The smallest absolute Gasteiger partial charge is 0.223 e. The zero-order chi connectivity index (χ0) is 16.0.